The maximum atomic E-state index is 13.3. The number of likely N-dealkylation sites (N-methyl/N-ethyl adjacent to an activating group) is 1. The van der Waals surface area contributed by atoms with Crippen molar-refractivity contribution in [3.8, 4) is 5.75 Å². The number of halogens is 1. The van der Waals surface area contributed by atoms with E-state index in [0.717, 1.165) is 5.56 Å². The fourth-order valence-electron chi connectivity index (χ4n) is 3.10. The van der Waals surface area contributed by atoms with Gasteiger partial charge in [-0.2, -0.15) is 0 Å². The number of anilines is 2. The maximum Gasteiger partial charge on any atom is 0.255 e. The van der Waals surface area contributed by atoms with Crippen LogP contribution in [0, 0.1) is 5.82 Å². The van der Waals surface area contributed by atoms with E-state index in [2.05, 4.69) is 10.6 Å². The lowest BCUT2D eigenvalue weighted by Gasteiger charge is -2.16. The van der Waals surface area contributed by atoms with Crippen LogP contribution in [0.2, 0.25) is 0 Å². The van der Waals surface area contributed by atoms with Gasteiger partial charge in [0.15, 0.2) is 0 Å². The van der Waals surface area contributed by atoms with E-state index in [1.165, 1.54) is 19.2 Å². The van der Waals surface area contributed by atoms with Crippen LogP contribution in [0.15, 0.2) is 72.8 Å². The van der Waals surface area contributed by atoms with Gasteiger partial charge in [-0.05, 0) is 61.1 Å². The number of para-hydroxylation sites is 2. The zero-order valence-corrected chi connectivity index (χ0v) is 17.4. The fraction of sp³-hybridized carbons (Fsp3) is 0.167. The summed E-state index contributed by atoms with van der Waals surface area (Å²) in [6.45, 7) is 0.597. The van der Waals surface area contributed by atoms with Crippen molar-refractivity contribution in [3.05, 3.63) is 89.7 Å². The molecule has 0 fully saturated rings. The Morgan fingerprint density at radius 3 is 2.42 bits per heavy atom. The van der Waals surface area contributed by atoms with E-state index >= 15 is 0 Å². The number of hydrogen-bond donors (Lipinski definition) is 2. The van der Waals surface area contributed by atoms with Gasteiger partial charge in [-0.3, -0.25) is 14.5 Å². The molecule has 0 bridgehead atoms. The second kappa shape index (κ2) is 10.4. The molecule has 31 heavy (non-hydrogen) atoms. The largest absolute Gasteiger partial charge is 0.495 e. The Kier molecular flexibility index (Phi) is 7.35. The third-order valence-electron chi connectivity index (χ3n) is 4.54. The van der Waals surface area contributed by atoms with E-state index in [-0.39, 0.29) is 24.2 Å². The first-order valence-electron chi connectivity index (χ1n) is 9.72. The molecule has 0 radical (unpaired) electrons. The van der Waals surface area contributed by atoms with Crippen LogP contribution in [0.1, 0.15) is 15.9 Å². The summed E-state index contributed by atoms with van der Waals surface area (Å²) in [7, 11) is 3.33. The summed E-state index contributed by atoms with van der Waals surface area (Å²) in [4.78, 5) is 26.6. The van der Waals surface area contributed by atoms with Gasteiger partial charge in [0.1, 0.15) is 11.6 Å². The Morgan fingerprint density at radius 1 is 0.968 bits per heavy atom. The molecular weight excluding hydrogens is 397 g/mol. The zero-order valence-electron chi connectivity index (χ0n) is 17.4. The van der Waals surface area contributed by atoms with Crippen molar-refractivity contribution in [1.29, 1.82) is 0 Å². The molecule has 0 saturated heterocycles. The van der Waals surface area contributed by atoms with E-state index in [1.807, 2.05) is 18.2 Å². The lowest BCUT2D eigenvalue weighted by molar-refractivity contribution is -0.117. The van der Waals surface area contributed by atoms with Gasteiger partial charge >= 0.3 is 0 Å². The molecule has 7 heteroatoms. The number of nitrogens with one attached hydrogen (secondary N) is 2. The summed E-state index contributed by atoms with van der Waals surface area (Å²) < 4.78 is 18.5. The highest BCUT2D eigenvalue weighted by molar-refractivity contribution is 6.05. The third-order valence-corrected chi connectivity index (χ3v) is 4.54. The average molecular weight is 421 g/mol. The lowest BCUT2D eigenvalue weighted by atomic mass is 10.2. The van der Waals surface area contributed by atoms with E-state index in [4.69, 9.17) is 4.74 Å². The number of carbonyl (C=O) groups excluding carboxylic acids is 2. The Hall–Kier alpha value is -3.71. The minimum absolute atomic E-state index is 0.145. The molecule has 6 nitrogen and oxygen atoms in total. The highest BCUT2D eigenvalue weighted by atomic mass is 19.1. The summed E-state index contributed by atoms with van der Waals surface area (Å²) in [5, 5.41) is 5.60. The lowest BCUT2D eigenvalue weighted by Crippen LogP contribution is -2.29. The number of methoxy groups -OCH3 is 1. The number of nitrogens with zero attached hydrogens (tertiary/aromatic N) is 1. The predicted octanol–water partition coefficient (Wildman–Crippen LogP) is 4.16. The summed E-state index contributed by atoms with van der Waals surface area (Å²) in [6, 6.07) is 20.0. The van der Waals surface area contributed by atoms with Gasteiger partial charge in [0.05, 0.1) is 19.3 Å². The van der Waals surface area contributed by atoms with Crippen molar-refractivity contribution in [2.75, 3.05) is 31.3 Å². The SMILES string of the molecule is COc1ccccc1NC(=O)c1ccc(NC(=O)CN(C)Cc2cccc(F)c2)cc1. The number of hydrogen-bond acceptors (Lipinski definition) is 4. The van der Waals surface area contributed by atoms with E-state index in [0.29, 0.717) is 29.2 Å². The smallest absolute Gasteiger partial charge is 0.255 e. The van der Waals surface area contributed by atoms with Crippen LogP contribution >= 0.6 is 0 Å². The molecule has 160 valence electrons. The Labute approximate surface area is 180 Å². The first-order valence-corrected chi connectivity index (χ1v) is 9.72. The molecule has 0 aliphatic carbocycles. The molecule has 0 spiro atoms. The van der Waals surface area contributed by atoms with Gasteiger partial charge in [-0.25, -0.2) is 4.39 Å². The molecule has 0 unspecified atom stereocenters. The molecule has 2 amide bonds. The average Bonchev–Trinajstić information content (AvgIpc) is 2.74. The van der Waals surface area contributed by atoms with Crippen LogP contribution in [0.5, 0.6) is 5.75 Å². The van der Waals surface area contributed by atoms with Crippen molar-refractivity contribution in [3.63, 3.8) is 0 Å². The summed E-state index contributed by atoms with van der Waals surface area (Å²) in [5.74, 6) is -0.213. The van der Waals surface area contributed by atoms with Crippen molar-refractivity contribution >= 4 is 23.2 Å². The third kappa shape index (κ3) is 6.38. The second-order valence-electron chi connectivity index (χ2n) is 7.08. The topological polar surface area (TPSA) is 70.7 Å². The van der Waals surface area contributed by atoms with E-state index in [1.54, 1.807) is 54.4 Å². The number of benzene rings is 3. The second-order valence-corrected chi connectivity index (χ2v) is 7.08. The Morgan fingerprint density at radius 2 is 1.71 bits per heavy atom. The Balaban J connectivity index is 1.53. The van der Waals surface area contributed by atoms with Gasteiger partial charge in [0.25, 0.3) is 5.91 Å². The molecule has 0 saturated carbocycles. The normalized spacial score (nSPS) is 10.6. The quantitative estimate of drug-likeness (QED) is 0.573. The molecule has 0 aromatic heterocycles. The molecular formula is C24H24FN3O3. The predicted molar refractivity (Wildman–Crippen MR) is 119 cm³/mol. The van der Waals surface area contributed by atoms with Crippen LogP contribution in [-0.2, 0) is 11.3 Å². The first kappa shape index (κ1) is 22.0. The number of rotatable bonds is 8. The van der Waals surface area contributed by atoms with Crippen LogP contribution in [-0.4, -0.2) is 37.4 Å². The van der Waals surface area contributed by atoms with Crippen LogP contribution in [0.25, 0.3) is 0 Å². The van der Waals surface area contributed by atoms with E-state index in [9.17, 15) is 14.0 Å². The fourth-order valence-corrected chi connectivity index (χ4v) is 3.10. The molecule has 3 rings (SSSR count). The maximum absolute atomic E-state index is 13.3. The Bertz CT molecular complexity index is 1050. The molecule has 0 aliphatic rings. The van der Waals surface area contributed by atoms with Crippen LogP contribution in [0.3, 0.4) is 0 Å². The van der Waals surface area contributed by atoms with E-state index < -0.39 is 0 Å². The highest BCUT2D eigenvalue weighted by Gasteiger charge is 2.11. The number of ether oxygens (including phenoxy) is 1. The zero-order chi connectivity index (χ0) is 22.2. The molecule has 0 aliphatic heterocycles. The summed E-state index contributed by atoms with van der Waals surface area (Å²) >= 11 is 0. The molecule has 0 heterocycles. The van der Waals surface area contributed by atoms with Gasteiger partial charge in [0.2, 0.25) is 5.91 Å². The van der Waals surface area contributed by atoms with Crippen molar-refractivity contribution in [2.45, 2.75) is 6.54 Å². The summed E-state index contributed by atoms with van der Waals surface area (Å²) in [6.07, 6.45) is 0. The van der Waals surface area contributed by atoms with Gasteiger partial charge in [0, 0.05) is 17.8 Å². The summed E-state index contributed by atoms with van der Waals surface area (Å²) in [5.41, 5.74) is 2.40. The van der Waals surface area contributed by atoms with Crippen molar-refractivity contribution < 1.29 is 18.7 Å². The van der Waals surface area contributed by atoms with Gasteiger partial charge in [-0.15, -0.1) is 0 Å². The number of amides is 2. The molecule has 3 aromatic rings. The highest BCUT2D eigenvalue weighted by Crippen LogP contribution is 2.23. The minimum atomic E-state index is -0.301. The number of carbonyl (C=O) groups is 2. The van der Waals surface area contributed by atoms with Crippen LogP contribution < -0.4 is 15.4 Å². The molecule has 3 aromatic carbocycles. The molecule has 0 atom stereocenters. The standard InChI is InChI=1S/C24H24FN3O3/c1-28(15-17-6-5-7-19(25)14-17)16-23(29)26-20-12-10-18(11-13-20)24(30)27-21-8-3-4-9-22(21)31-2/h3-14H,15-16H2,1-2H3,(H,26,29)(H,27,30). The first-order chi connectivity index (χ1) is 14.9. The van der Waals surface area contributed by atoms with Crippen LogP contribution in [0.4, 0.5) is 15.8 Å². The minimum Gasteiger partial charge on any atom is -0.495 e. The monoisotopic (exact) mass is 421 g/mol. The van der Waals surface area contributed by atoms with Crippen molar-refractivity contribution in [1.82, 2.24) is 4.90 Å². The van der Waals surface area contributed by atoms with Gasteiger partial charge < -0.3 is 15.4 Å². The van der Waals surface area contributed by atoms with Gasteiger partial charge in [-0.1, -0.05) is 24.3 Å². The molecule has 2 N–H and O–H groups in total. The van der Waals surface area contributed by atoms with Crippen molar-refractivity contribution in [2.24, 2.45) is 0 Å².